The Bertz CT molecular complexity index is 643. The number of carbonyl (C=O) groups is 2. The van der Waals surface area contributed by atoms with E-state index in [0.717, 1.165) is 6.42 Å². The number of anilines is 1. The van der Waals surface area contributed by atoms with Crippen molar-refractivity contribution in [1.82, 2.24) is 0 Å². The van der Waals surface area contributed by atoms with Crippen LogP contribution >= 0.6 is 11.3 Å². The number of hydrogen-bond donors (Lipinski definition) is 2. The zero-order valence-corrected chi connectivity index (χ0v) is 11.3. The van der Waals surface area contributed by atoms with Gasteiger partial charge in [0.05, 0.1) is 17.4 Å². The second-order valence-electron chi connectivity index (χ2n) is 5.10. The molecule has 0 unspecified atom stereocenters. The van der Waals surface area contributed by atoms with Gasteiger partial charge in [0.25, 0.3) is 0 Å². The maximum atomic E-state index is 12.4. The van der Waals surface area contributed by atoms with E-state index in [-0.39, 0.29) is 17.7 Å². The van der Waals surface area contributed by atoms with Gasteiger partial charge in [-0.1, -0.05) is 12.2 Å². The number of nitrogens with one attached hydrogen (secondary N) is 1. The number of aliphatic carboxylic acids is 1. The van der Waals surface area contributed by atoms with Gasteiger partial charge in [0.1, 0.15) is 11.1 Å². The quantitative estimate of drug-likeness (QED) is 0.833. The molecule has 2 bridgehead atoms. The molecular weight excluding hydrogens is 276 g/mol. The van der Waals surface area contributed by atoms with E-state index >= 15 is 0 Å². The molecule has 2 N–H and O–H groups in total. The minimum Gasteiger partial charge on any atom is -0.481 e. The fourth-order valence-electron chi connectivity index (χ4n) is 3.21. The average molecular weight is 288 g/mol. The molecule has 1 heterocycles. The highest BCUT2D eigenvalue weighted by molar-refractivity contribution is 7.14. The molecule has 0 radical (unpaired) electrons. The molecule has 5 nitrogen and oxygen atoms in total. The number of carbonyl (C=O) groups excluding carboxylic acids is 1. The molecule has 4 atom stereocenters. The van der Waals surface area contributed by atoms with E-state index in [4.69, 9.17) is 5.26 Å². The number of carboxylic acids is 1. The summed E-state index contributed by atoms with van der Waals surface area (Å²) in [7, 11) is 0. The molecule has 0 aromatic carbocycles. The van der Waals surface area contributed by atoms with Crippen LogP contribution in [0.2, 0.25) is 0 Å². The summed E-state index contributed by atoms with van der Waals surface area (Å²) in [4.78, 5) is 23.7. The van der Waals surface area contributed by atoms with Crippen LogP contribution in [0.1, 0.15) is 12.0 Å². The van der Waals surface area contributed by atoms with Gasteiger partial charge in [-0.25, -0.2) is 0 Å². The molecule has 0 saturated heterocycles. The molecule has 0 spiro atoms. The summed E-state index contributed by atoms with van der Waals surface area (Å²) >= 11 is 1.27. The zero-order valence-electron chi connectivity index (χ0n) is 10.4. The van der Waals surface area contributed by atoms with Crippen molar-refractivity contribution >= 4 is 28.2 Å². The van der Waals surface area contributed by atoms with Crippen molar-refractivity contribution < 1.29 is 14.7 Å². The molecule has 1 aromatic heterocycles. The van der Waals surface area contributed by atoms with Crippen molar-refractivity contribution in [2.24, 2.45) is 23.7 Å². The monoisotopic (exact) mass is 288 g/mol. The number of rotatable bonds is 3. The van der Waals surface area contributed by atoms with E-state index in [2.05, 4.69) is 5.32 Å². The second kappa shape index (κ2) is 4.76. The van der Waals surface area contributed by atoms with Crippen molar-refractivity contribution in [2.75, 3.05) is 5.32 Å². The average Bonchev–Trinajstić information content (AvgIpc) is 3.12. The Morgan fingerprint density at radius 2 is 2.05 bits per heavy atom. The third kappa shape index (κ3) is 1.91. The van der Waals surface area contributed by atoms with Gasteiger partial charge in [0, 0.05) is 0 Å². The molecule has 1 saturated carbocycles. The minimum atomic E-state index is -0.923. The molecule has 102 valence electrons. The van der Waals surface area contributed by atoms with E-state index in [1.165, 1.54) is 11.3 Å². The van der Waals surface area contributed by atoms with Crippen LogP contribution in [0.25, 0.3) is 0 Å². The lowest BCUT2D eigenvalue weighted by Gasteiger charge is -2.23. The zero-order chi connectivity index (χ0) is 14.3. The summed E-state index contributed by atoms with van der Waals surface area (Å²) in [6, 6.07) is 3.64. The van der Waals surface area contributed by atoms with E-state index in [0.29, 0.717) is 10.6 Å². The molecule has 6 heteroatoms. The van der Waals surface area contributed by atoms with Crippen LogP contribution in [0.3, 0.4) is 0 Å². The van der Waals surface area contributed by atoms with Gasteiger partial charge in [-0.3, -0.25) is 9.59 Å². The predicted molar refractivity (Wildman–Crippen MR) is 73.0 cm³/mol. The molecule has 1 fully saturated rings. The van der Waals surface area contributed by atoms with Gasteiger partial charge >= 0.3 is 5.97 Å². The van der Waals surface area contributed by atoms with Crippen LogP contribution in [0.15, 0.2) is 23.6 Å². The molecule has 3 rings (SSSR count). The Kier molecular flexibility index (Phi) is 3.07. The smallest absolute Gasteiger partial charge is 0.307 e. The number of hydrogen-bond acceptors (Lipinski definition) is 4. The SMILES string of the molecule is N#Cc1ccsc1NC(=O)[C@@H]1[C@@H](C(=O)O)[C@H]2C=C[C@@H]1C2. The van der Waals surface area contributed by atoms with Crippen molar-refractivity contribution in [1.29, 1.82) is 5.26 Å². The fraction of sp³-hybridized carbons (Fsp3) is 0.357. The first-order valence-corrected chi connectivity index (χ1v) is 7.19. The van der Waals surface area contributed by atoms with E-state index in [1.54, 1.807) is 11.4 Å². The number of thiophene rings is 1. The third-order valence-corrected chi connectivity index (χ3v) is 4.90. The summed E-state index contributed by atoms with van der Waals surface area (Å²) in [6.45, 7) is 0. The standard InChI is InChI=1S/C14H12N2O3S/c15-6-9-3-4-20-13(9)16-12(17)10-7-1-2-8(5-7)11(10)14(18)19/h1-4,7-8,10-11H,5H2,(H,16,17)(H,18,19)/t7-,8+,10+,11+/m1/s1. The first-order valence-electron chi connectivity index (χ1n) is 6.31. The van der Waals surface area contributed by atoms with Gasteiger partial charge in [0.2, 0.25) is 5.91 Å². The summed E-state index contributed by atoms with van der Waals surface area (Å²) < 4.78 is 0. The molecule has 20 heavy (non-hydrogen) atoms. The Labute approximate surface area is 119 Å². The minimum absolute atomic E-state index is 0.00778. The van der Waals surface area contributed by atoms with Crippen molar-refractivity contribution in [3.05, 3.63) is 29.2 Å². The highest BCUT2D eigenvalue weighted by atomic mass is 32.1. The fourth-order valence-corrected chi connectivity index (χ4v) is 3.95. The summed E-state index contributed by atoms with van der Waals surface area (Å²) in [5.41, 5.74) is 0.411. The lowest BCUT2D eigenvalue weighted by molar-refractivity contribution is -0.146. The third-order valence-electron chi connectivity index (χ3n) is 4.07. The normalized spacial score (nSPS) is 30.1. The Morgan fingerprint density at radius 1 is 1.35 bits per heavy atom. The number of allylic oxidation sites excluding steroid dienone is 2. The van der Waals surface area contributed by atoms with Crippen LogP contribution in [0.5, 0.6) is 0 Å². The number of fused-ring (bicyclic) bond motifs is 2. The first-order chi connectivity index (χ1) is 9.61. The topological polar surface area (TPSA) is 90.2 Å². The van der Waals surface area contributed by atoms with Crippen LogP contribution in [0.4, 0.5) is 5.00 Å². The van der Waals surface area contributed by atoms with Crippen molar-refractivity contribution in [3.63, 3.8) is 0 Å². The number of amides is 1. The molecule has 1 aromatic rings. The molecular formula is C14H12N2O3S. The summed E-state index contributed by atoms with van der Waals surface area (Å²) in [5, 5.41) is 23.2. The summed E-state index contributed by atoms with van der Waals surface area (Å²) in [6.07, 6.45) is 4.57. The molecule has 0 aliphatic heterocycles. The Hall–Kier alpha value is -2.13. The Morgan fingerprint density at radius 3 is 2.70 bits per heavy atom. The van der Waals surface area contributed by atoms with Crippen molar-refractivity contribution in [2.45, 2.75) is 6.42 Å². The lowest BCUT2D eigenvalue weighted by atomic mass is 9.82. The highest BCUT2D eigenvalue weighted by Gasteiger charge is 2.51. The number of carboxylic acid groups (broad SMARTS) is 1. The van der Waals surface area contributed by atoms with Gasteiger partial charge in [0.15, 0.2) is 0 Å². The maximum absolute atomic E-state index is 12.4. The van der Waals surface area contributed by atoms with Gasteiger partial charge in [-0.05, 0) is 29.7 Å². The van der Waals surface area contributed by atoms with E-state index in [9.17, 15) is 14.7 Å². The Balaban J connectivity index is 1.82. The molecule has 2 aliphatic rings. The van der Waals surface area contributed by atoms with Crippen LogP contribution in [-0.4, -0.2) is 17.0 Å². The van der Waals surface area contributed by atoms with E-state index < -0.39 is 17.8 Å². The van der Waals surface area contributed by atoms with Gasteiger partial charge in [-0.2, -0.15) is 5.26 Å². The molecule has 2 aliphatic carbocycles. The molecule has 1 amide bonds. The highest BCUT2D eigenvalue weighted by Crippen LogP contribution is 2.48. The number of nitrogens with zero attached hydrogens (tertiary/aromatic N) is 1. The van der Waals surface area contributed by atoms with Crippen LogP contribution < -0.4 is 5.32 Å². The van der Waals surface area contributed by atoms with Crippen LogP contribution in [0, 0.1) is 35.0 Å². The second-order valence-corrected chi connectivity index (χ2v) is 6.02. The summed E-state index contributed by atoms with van der Waals surface area (Å²) in [5.74, 6) is -2.48. The number of nitriles is 1. The largest absolute Gasteiger partial charge is 0.481 e. The van der Waals surface area contributed by atoms with E-state index in [1.807, 2.05) is 18.2 Å². The van der Waals surface area contributed by atoms with Crippen LogP contribution in [-0.2, 0) is 9.59 Å². The predicted octanol–water partition coefficient (Wildman–Crippen LogP) is 2.08. The van der Waals surface area contributed by atoms with Crippen molar-refractivity contribution in [3.8, 4) is 6.07 Å². The van der Waals surface area contributed by atoms with Gasteiger partial charge < -0.3 is 10.4 Å². The first kappa shape index (κ1) is 12.9. The maximum Gasteiger partial charge on any atom is 0.307 e. The van der Waals surface area contributed by atoms with Gasteiger partial charge in [-0.15, -0.1) is 11.3 Å². The lowest BCUT2D eigenvalue weighted by Crippen LogP contribution is -2.36.